The molecule has 1 atom stereocenters. The van der Waals surface area contributed by atoms with Crippen molar-refractivity contribution in [2.45, 2.75) is 26.8 Å². The zero-order chi connectivity index (χ0) is 19.8. The maximum atomic E-state index is 12.6. The zero-order valence-electron chi connectivity index (χ0n) is 15.7. The van der Waals surface area contributed by atoms with E-state index in [1.807, 2.05) is 37.3 Å². The first-order valence-electron chi connectivity index (χ1n) is 8.79. The Morgan fingerprint density at radius 1 is 0.926 bits per heavy atom. The average molecular weight is 368 g/mol. The number of nitrogens with one attached hydrogen (secondary N) is 2. The molecule has 1 unspecified atom stereocenters. The van der Waals surface area contributed by atoms with Crippen molar-refractivity contribution in [3.8, 4) is 0 Å². The molecular weight excluding hydrogens is 344 g/mol. The van der Waals surface area contributed by atoms with Crippen LogP contribution in [0.3, 0.4) is 0 Å². The fourth-order valence-electron chi connectivity index (χ4n) is 2.38. The van der Waals surface area contributed by atoms with E-state index in [4.69, 9.17) is 4.74 Å². The number of carbonyl (C=O) groups excluding carboxylic acids is 3. The van der Waals surface area contributed by atoms with Gasteiger partial charge in [0.25, 0.3) is 11.8 Å². The fourth-order valence-corrected chi connectivity index (χ4v) is 2.38. The fraction of sp³-hybridized carbons (Fsp3) is 0.286. The van der Waals surface area contributed by atoms with Gasteiger partial charge in [-0.1, -0.05) is 56.3 Å². The van der Waals surface area contributed by atoms with Crippen LogP contribution in [0.2, 0.25) is 0 Å². The standard InChI is InChI=1S/C21H24N2O4/c1-14(2)21(26)27-13-19(24)23-18-12-8-7-11-17(18)20(25)22-15(3)16-9-5-4-6-10-16/h4-12,14-15H,13H2,1-3H3,(H,22,25)(H,23,24). The lowest BCUT2D eigenvalue weighted by Gasteiger charge is -2.16. The van der Waals surface area contributed by atoms with Gasteiger partial charge in [-0.15, -0.1) is 0 Å². The number of carbonyl (C=O) groups is 3. The van der Waals surface area contributed by atoms with Crippen LogP contribution in [0.1, 0.15) is 42.7 Å². The Morgan fingerprint density at radius 2 is 1.56 bits per heavy atom. The number of amides is 2. The van der Waals surface area contributed by atoms with Gasteiger partial charge < -0.3 is 15.4 Å². The van der Waals surface area contributed by atoms with Crippen molar-refractivity contribution < 1.29 is 19.1 Å². The minimum Gasteiger partial charge on any atom is -0.455 e. The molecule has 0 aliphatic rings. The minimum absolute atomic E-state index is 0.186. The molecule has 0 fully saturated rings. The molecule has 0 bridgehead atoms. The summed E-state index contributed by atoms with van der Waals surface area (Å²) in [6.07, 6.45) is 0. The molecule has 0 aliphatic carbocycles. The summed E-state index contributed by atoms with van der Waals surface area (Å²) in [7, 11) is 0. The number of para-hydroxylation sites is 1. The van der Waals surface area contributed by atoms with Crippen molar-refractivity contribution in [3.63, 3.8) is 0 Å². The van der Waals surface area contributed by atoms with Crippen LogP contribution in [-0.4, -0.2) is 24.4 Å². The number of ether oxygens (including phenoxy) is 1. The summed E-state index contributed by atoms with van der Waals surface area (Å²) in [5.41, 5.74) is 1.68. The van der Waals surface area contributed by atoms with Crippen LogP contribution in [0, 0.1) is 5.92 Å². The van der Waals surface area contributed by atoms with E-state index in [0.29, 0.717) is 11.3 Å². The van der Waals surface area contributed by atoms with Crippen LogP contribution in [0.25, 0.3) is 0 Å². The number of benzene rings is 2. The molecule has 6 nitrogen and oxygen atoms in total. The highest BCUT2D eigenvalue weighted by atomic mass is 16.5. The SMILES string of the molecule is CC(C)C(=O)OCC(=O)Nc1ccccc1C(=O)NC(C)c1ccccc1. The molecule has 0 radical (unpaired) electrons. The van der Waals surface area contributed by atoms with Gasteiger partial charge >= 0.3 is 5.97 Å². The first-order valence-corrected chi connectivity index (χ1v) is 8.79. The van der Waals surface area contributed by atoms with Gasteiger partial charge in [0.15, 0.2) is 6.61 Å². The van der Waals surface area contributed by atoms with Crippen LogP contribution in [0.4, 0.5) is 5.69 Å². The van der Waals surface area contributed by atoms with Crippen molar-refractivity contribution in [3.05, 3.63) is 65.7 Å². The van der Waals surface area contributed by atoms with E-state index in [0.717, 1.165) is 5.56 Å². The molecule has 0 spiro atoms. The van der Waals surface area contributed by atoms with Crippen LogP contribution >= 0.6 is 0 Å². The van der Waals surface area contributed by atoms with Gasteiger partial charge in [-0.3, -0.25) is 14.4 Å². The van der Waals surface area contributed by atoms with E-state index in [1.165, 1.54) is 0 Å². The van der Waals surface area contributed by atoms with Crippen LogP contribution in [-0.2, 0) is 14.3 Å². The predicted octanol–water partition coefficient (Wildman–Crippen LogP) is 3.32. The number of hydrogen-bond donors (Lipinski definition) is 2. The van der Waals surface area contributed by atoms with Crippen molar-refractivity contribution in [2.24, 2.45) is 5.92 Å². The molecule has 2 aromatic rings. The zero-order valence-corrected chi connectivity index (χ0v) is 15.7. The molecule has 142 valence electrons. The second kappa shape index (κ2) is 9.52. The van der Waals surface area contributed by atoms with E-state index in [2.05, 4.69) is 10.6 Å². The molecular formula is C21H24N2O4. The van der Waals surface area contributed by atoms with Crippen LogP contribution < -0.4 is 10.6 Å². The highest BCUT2D eigenvalue weighted by Gasteiger charge is 2.17. The van der Waals surface area contributed by atoms with Crippen LogP contribution in [0.15, 0.2) is 54.6 Å². The van der Waals surface area contributed by atoms with Crippen molar-refractivity contribution in [1.82, 2.24) is 5.32 Å². The lowest BCUT2D eigenvalue weighted by atomic mass is 10.1. The van der Waals surface area contributed by atoms with Gasteiger partial charge in [-0.25, -0.2) is 0 Å². The summed E-state index contributed by atoms with van der Waals surface area (Å²) < 4.78 is 4.91. The molecule has 6 heteroatoms. The molecule has 2 aromatic carbocycles. The summed E-state index contributed by atoms with van der Waals surface area (Å²) in [6.45, 7) is 4.87. The Bertz CT molecular complexity index is 803. The molecule has 0 heterocycles. The predicted molar refractivity (Wildman–Crippen MR) is 103 cm³/mol. The average Bonchev–Trinajstić information content (AvgIpc) is 2.67. The molecule has 0 aromatic heterocycles. The number of anilines is 1. The third kappa shape index (κ3) is 5.95. The van der Waals surface area contributed by atoms with E-state index in [1.54, 1.807) is 38.1 Å². The topological polar surface area (TPSA) is 84.5 Å². The van der Waals surface area contributed by atoms with Gasteiger partial charge in [-0.05, 0) is 24.6 Å². The van der Waals surface area contributed by atoms with Gasteiger partial charge in [0.1, 0.15) is 0 Å². The van der Waals surface area contributed by atoms with Gasteiger partial charge in [0.2, 0.25) is 0 Å². The summed E-state index contributed by atoms with van der Waals surface area (Å²) in [5.74, 6) is -1.56. The Labute approximate surface area is 158 Å². The Balaban J connectivity index is 2.03. The third-order valence-electron chi connectivity index (χ3n) is 3.91. The molecule has 0 saturated carbocycles. The lowest BCUT2D eigenvalue weighted by molar-refractivity contribution is -0.150. The quantitative estimate of drug-likeness (QED) is 0.734. The maximum Gasteiger partial charge on any atom is 0.308 e. The van der Waals surface area contributed by atoms with Crippen molar-refractivity contribution in [2.75, 3.05) is 11.9 Å². The Kier molecular flexibility index (Phi) is 7.11. The van der Waals surface area contributed by atoms with E-state index < -0.39 is 18.5 Å². The minimum atomic E-state index is -0.500. The van der Waals surface area contributed by atoms with Gasteiger partial charge in [0, 0.05) is 0 Å². The van der Waals surface area contributed by atoms with E-state index in [9.17, 15) is 14.4 Å². The Morgan fingerprint density at radius 3 is 2.22 bits per heavy atom. The second-order valence-electron chi connectivity index (χ2n) is 6.46. The normalized spacial score (nSPS) is 11.6. The van der Waals surface area contributed by atoms with Crippen molar-refractivity contribution in [1.29, 1.82) is 0 Å². The Hall–Kier alpha value is -3.15. The molecule has 0 saturated heterocycles. The monoisotopic (exact) mass is 368 g/mol. The number of rotatable bonds is 7. The summed E-state index contributed by atoms with van der Waals surface area (Å²) in [6, 6.07) is 16.1. The van der Waals surface area contributed by atoms with E-state index in [-0.39, 0.29) is 17.9 Å². The van der Waals surface area contributed by atoms with Crippen LogP contribution in [0.5, 0.6) is 0 Å². The summed E-state index contributed by atoms with van der Waals surface area (Å²) >= 11 is 0. The molecule has 27 heavy (non-hydrogen) atoms. The molecule has 2 rings (SSSR count). The maximum absolute atomic E-state index is 12.6. The smallest absolute Gasteiger partial charge is 0.308 e. The highest BCUT2D eigenvalue weighted by molar-refractivity contribution is 6.04. The van der Waals surface area contributed by atoms with Gasteiger partial charge in [0.05, 0.1) is 23.2 Å². The third-order valence-corrected chi connectivity index (χ3v) is 3.91. The first-order chi connectivity index (χ1) is 12.9. The number of esters is 1. The van der Waals surface area contributed by atoms with Crippen molar-refractivity contribution >= 4 is 23.5 Å². The molecule has 2 amide bonds. The van der Waals surface area contributed by atoms with Gasteiger partial charge in [-0.2, -0.15) is 0 Å². The highest BCUT2D eigenvalue weighted by Crippen LogP contribution is 2.18. The molecule has 2 N–H and O–H groups in total. The number of hydrogen-bond acceptors (Lipinski definition) is 4. The summed E-state index contributed by atoms with van der Waals surface area (Å²) in [4.78, 5) is 36.1. The van der Waals surface area contributed by atoms with E-state index >= 15 is 0 Å². The lowest BCUT2D eigenvalue weighted by Crippen LogP contribution is -2.28. The molecule has 0 aliphatic heterocycles. The first kappa shape index (κ1) is 20.2. The second-order valence-corrected chi connectivity index (χ2v) is 6.46. The largest absolute Gasteiger partial charge is 0.455 e. The summed E-state index contributed by atoms with van der Waals surface area (Å²) in [5, 5.41) is 5.54.